The number of rotatable bonds is 1. The lowest BCUT2D eigenvalue weighted by molar-refractivity contribution is -0.114. The topological polar surface area (TPSA) is 66.4 Å². The molecule has 0 saturated heterocycles. The molecule has 2 rings (SSSR count). The number of hydrogen-bond acceptors (Lipinski definition) is 4. The van der Waals surface area contributed by atoms with Gasteiger partial charge in [-0.15, -0.1) is 0 Å². The van der Waals surface area contributed by atoms with Gasteiger partial charge in [0.2, 0.25) is 11.3 Å². The summed E-state index contributed by atoms with van der Waals surface area (Å²) in [5.41, 5.74) is -0.536. The Morgan fingerprint density at radius 3 is 2.82 bits per heavy atom. The van der Waals surface area contributed by atoms with Crippen molar-refractivity contribution in [3.63, 3.8) is 0 Å². The van der Waals surface area contributed by atoms with Crippen LogP contribution < -0.4 is 10.7 Å². The zero-order valence-corrected chi connectivity index (χ0v) is 10.4. The maximum Gasteiger partial charge on any atom is 0.221 e. The van der Waals surface area contributed by atoms with E-state index in [2.05, 4.69) is 5.32 Å². The minimum absolute atomic E-state index is 0.0998. The van der Waals surface area contributed by atoms with Crippen LogP contribution in [0.25, 0.3) is 10.1 Å². The van der Waals surface area contributed by atoms with Crippen LogP contribution in [-0.2, 0) is 4.79 Å². The Labute approximate surface area is 105 Å². The first kappa shape index (κ1) is 11.9. The summed E-state index contributed by atoms with van der Waals surface area (Å²) in [6.45, 7) is 1.27. The van der Waals surface area contributed by atoms with Crippen LogP contribution in [0.2, 0.25) is 5.02 Å². The summed E-state index contributed by atoms with van der Waals surface area (Å²) in [7, 11) is 0. The van der Waals surface area contributed by atoms with E-state index in [-0.39, 0.29) is 10.8 Å². The second kappa shape index (κ2) is 4.35. The number of hydrogen-bond donors (Lipinski definition) is 2. The fourth-order valence-corrected chi connectivity index (χ4v) is 2.47. The number of fused-ring (bicyclic) bond motifs is 1. The Balaban J connectivity index is 2.78. The van der Waals surface area contributed by atoms with Crippen molar-refractivity contribution in [1.29, 1.82) is 0 Å². The highest BCUT2D eigenvalue weighted by atomic mass is 35.5. The van der Waals surface area contributed by atoms with Crippen LogP contribution in [0.15, 0.2) is 23.0 Å². The van der Waals surface area contributed by atoms with Gasteiger partial charge in [0, 0.05) is 22.0 Å². The van der Waals surface area contributed by atoms with E-state index in [1.165, 1.54) is 13.0 Å². The Morgan fingerprint density at radius 2 is 2.18 bits per heavy atom. The van der Waals surface area contributed by atoms with Gasteiger partial charge in [-0.25, -0.2) is 0 Å². The molecule has 0 bridgehead atoms. The molecule has 0 aliphatic rings. The van der Waals surface area contributed by atoms with E-state index in [1.807, 2.05) is 0 Å². The van der Waals surface area contributed by atoms with Crippen molar-refractivity contribution >= 4 is 44.6 Å². The summed E-state index contributed by atoms with van der Waals surface area (Å²) in [5, 5.41) is 12.6. The van der Waals surface area contributed by atoms with Crippen LogP contribution in [0.4, 0.5) is 5.69 Å². The number of amides is 1. The van der Waals surface area contributed by atoms with Crippen molar-refractivity contribution in [2.24, 2.45) is 0 Å². The summed E-state index contributed by atoms with van der Waals surface area (Å²) < 4.78 is 0.617. The first-order valence-electron chi connectivity index (χ1n) is 4.72. The van der Waals surface area contributed by atoms with Crippen molar-refractivity contribution < 1.29 is 9.90 Å². The average Bonchev–Trinajstić information content (AvgIpc) is 2.25. The number of halogens is 1. The third-order valence-electron chi connectivity index (χ3n) is 2.13. The summed E-state index contributed by atoms with van der Waals surface area (Å²) in [4.78, 5) is 22.9. The molecule has 0 saturated carbocycles. The molecule has 1 aromatic carbocycles. The number of carbonyl (C=O) groups is 1. The van der Waals surface area contributed by atoms with E-state index >= 15 is 0 Å². The molecule has 1 heterocycles. The summed E-state index contributed by atoms with van der Waals surface area (Å²) in [6, 6.07) is 4.80. The van der Waals surface area contributed by atoms with Gasteiger partial charge < -0.3 is 10.4 Å². The third-order valence-corrected chi connectivity index (χ3v) is 3.34. The van der Waals surface area contributed by atoms with Crippen molar-refractivity contribution in [2.75, 3.05) is 5.32 Å². The molecule has 1 aromatic heterocycles. The van der Waals surface area contributed by atoms with Crippen molar-refractivity contribution in [2.45, 2.75) is 6.92 Å². The number of nitrogens with one attached hydrogen (secondary N) is 1. The van der Waals surface area contributed by atoms with Crippen LogP contribution in [0.3, 0.4) is 0 Å². The van der Waals surface area contributed by atoms with E-state index in [1.54, 1.807) is 12.1 Å². The molecule has 4 nitrogen and oxygen atoms in total. The number of anilines is 1. The highest BCUT2D eigenvalue weighted by molar-refractivity contribution is 7.20. The first-order valence-corrected chi connectivity index (χ1v) is 5.91. The predicted octanol–water partition coefficient (Wildman–Crippen LogP) is 2.58. The lowest BCUT2D eigenvalue weighted by Gasteiger charge is -2.05. The molecule has 88 valence electrons. The first-order chi connectivity index (χ1) is 7.99. The lowest BCUT2D eigenvalue weighted by atomic mass is 10.2. The number of benzene rings is 1. The van der Waals surface area contributed by atoms with Gasteiger partial charge in [0.05, 0.1) is 0 Å². The Morgan fingerprint density at radius 1 is 1.47 bits per heavy atom. The highest BCUT2D eigenvalue weighted by Gasteiger charge is 2.13. The molecule has 6 heteroatoms. The Bertz CT molecular complexity index is 666. The second-order valence-electron chi connectivity index (χ2n) is 3.43. The Kier molecular flexibility index (Phi) is 3.04. The van der Waals surface area contributed by atoms with E-state index < -0.39 is 11.3 Å². The fraction of sp³-hybridized carbons (Fsp3) is 0.0909. The van der Waals surface area contributed by atoms with Gasteiger partial charge in [-0.1, -0.05) is 22.9 Å². The van der Waals surface area contributed by atoms with Crippen LogP contribution in [0.1, 0.15) is 6.92 Å². The van der Waals surface area contributed by atoms with E-state index in [9.17, 15) is 14.7 Å². The quantitative estimate of drug-likeness (QED) is 0.836. The van der Waals surface area contributed by atoms with Gasteiger partial charge in [0.25, 0.3) is 0 Å². The van der Waals surface area contributed by atoms with E-state index in [4.69, 9.17) is 11.6 Å². The maximum atomic E-state index is 12.0. The molecule has 1 amide bonds. The number of carbonyl (C=O) groups excluding carboxylic acids is 1. The molecule has 0 aliphatic carbocycles. The summed E-state index contributed by atoms with van der Waals surface area (Å²) in [6.07, 6.45) is 0. The van der Waals surface area contributed by atoms with Crippen LogP contribution in [0, 0.1) is 0 Å². The minimum atomic E-state index is -0.436. The minimum Gasteiger partial charge on any atom is -0.498 e. The summed E-state index contributed by atoms with van der Waals surface area (Å²) in [5.74, 6) is -0.411. The van der Waals surface area contributed by atoms with Gasteiger partial charge in [-0.05, 0) is 18.2 Å². The zero-order valence-electron chi connectivity index (χ0n) is 8.78. The van der Waals surface area contributed by atoms with Crippen LogP contribution >= 0.6 is 22.9 Å². The van der Waals surface area contributed by atoms with Gasteiger partial charge >= 0.3 is 0 Å². The molecular formula is C11H8ClNO3S. The molecular weight excluding hydrogens is 262 g/mol. The second-order valence-corrected chi connectivity index (χ2v) is 4.90. The third kappa shape index (κ3) is 2.25. The number of aromatic hydroxyl groups is 1. The monoisotopic (exact) mass is 269 g/mol. The van der Waals surface area contributed by atoms with Crippen LogP contribution in [-0.4, -0.2) is 11.0 Å². The van der Waals surface area contributed by atoms with E-state index in [0.29, 0.717) is 15.1 Å². The molecule has 2 aromatic rings. The highest BCUT2D eigenvalue weighted by Crippen LogP contribution is 2.31. The fourth-order valence-electron chi connectivity index (χ4n) is 1.44. The zero-order chi connectivity index (χ0) is 12.6. The molecule has 0 aliphatic heterocycles. The normalized spacial score (nSPS) is 10.5. The van der Waals surface area contributed by atoms with Gasteiger partial charge in [-0.3, -0.25) is 9.59 Å². The molecule has 17 heavy (non-hydrogen) atoms. The molecule has 0 spiro atoms. The predicted molar refractivity (Wildman–Crippen MR) is 69.1 cm³/mol. The van der Waals surface area contributed by atoms with Crippen molar-refractivity contribution in [1.82, 2.24) is 0 Å². The van der Waals surface area contributed by atoms with E-state index in [0.717, 1.165) is 11.3 Å². The van der Waals surface area contributed by atoms with Crippen molar-refractivity contribution in [3.8, 4) is 5.06 Å². The Hall–Kier alpha value is -1.59. The average molecular weight is 270 g/mol. The smallest absolute Gasteiger partial charge is 0.221 e. The van der Waals surface area contributed by atoms with Crippen molar-refractivity contribution in [3.05, 3.63) is 33.4 Å². The molecule has 0 atom stereocenters. The molecule has 0 unspecified atom stereocenters. The molecule has 0 fully saturated rings. The van der Waals surface area contributed by atoms with Gasteiger partial charge in [-0.2, -0.15) is 0 Å². The van der Waals surface area contributed by atoms with Gasteiger partial charge in [0.15, 0.2) is 5.06 Å². The summed E-state index contributed by atoms with van der Waals surface area (Å²) >= 11 is 6.82. The standard InChI is InChI=1S/C11H8ClNO3S/c1-5(14)13-9-10(15)7-4-6(12)2-3-8(7)17-11(9)16/h2-4,16H,1H3,(H,13,14). The molecule has 0 radical (unpaired) electrons. The van der Waals surface area contributed by atoms with Crippen LogP contribution in [0.5, 0.6) is 5.06 Å². The van der Waals surface area contributed by atoms with Gasteiger partial charge in [0.1, 0.15) is 5.69 Å². The molecule has 2 N–H and O–H groups in total. The largest absolute Gasteiger partial charge is 0.498 e. The SMILES string of the molecule is CC(=O)Nc1c(O)sc2ccc(Cl)cc2c1=O. The lowest BCUT2D eigenvalue weighted by Crippen LogP contribution is -2.15. The maximum absolute atomic E-state index is 12.0.